The van der Waals surface area contributed by atoms with Gasteiger partial charge in [0.15, 0.2) is 0 Å². The van der Waals surface area contributed by atoms with Crippen LogP contribution in [0.2, 0.25) is 0 Å². The lowest BCUT2D eigenvalue weighted by Gasteiger charge is -2.04. The Balaban J connectivity index is 2.69. The molecule has 0 saturated heterocycles. The van der Waals surface area contributed by atoms with Crippen molar-refractivity contribution in [1.29, 1.82) is 0 Å². The van der Waals surface area contributed by atoms with E-state index in [2.05, 4.69) is 43.3 Å². The second kappa shape index (κ2) is 2.04. The summed E-state index contributed by atoms with van der Waals surface area (Å²) in [6.07, 6.45) is 0.848. The van der Waals surface area contributed by atoms with Gasteiger partial charge in [0.05, 0.1) is 0 Å². The van der Waals surface area contributed by atoms with E-state index in [1.54, 1.807) is 0 Å². The average Bonchev–Trinajstić information content (AvgIpc) is 2.17. The molecule has 0 fully saturated rings. The van der Waals surface area contributed by atoms with Gasteiger partial charge in [-0.05, 0) is 33.0 Å². The molecule has 0 spiro atoms. The first-order valence-electron chi connectivity index (χ1n) is 2.30. The van der Waals surface area contributed by atoms with Crippen LogP contribution in [-0.2, 0) is 0 Å². The molecule has 5 heteroatoms. The topological polar surface area (TPSA) is 49.4 Å². The lowest BCUT2D eigenvalue weighted by Crippen LogP contribution is -2.07. The summed E-state index contributed by atoms with van der Waals surface area (Å²) in [4.78, 5) is 0. The summed E-state index contributed by atoms with van der Waals surface area (Å²) in [6.45, 7) is 2.00. The van der Waals surface area contributed by atoms with Crippen molar-refractivity contribution < 1.29 is 0 Å². The molecular formula is C3H5IN4. The van der Waals surface area contributed by atoms with E-state index in [9.17, 15) is 0 Å². The van der Waals surface area contributed by atoms with E-state index >= 15 is 0 Å². The van der Waals surface area contributed by atoms with Crippen LogP contribution in [0.3, 0.4) is 0 Å². The van der Waals surface area contributed by atoms with E-state index in [0.717, 1.165) is 6.42 Å². The van der Waals surface area contributed by atoms with Crippen LogP contribution in [0.4, 0.5) is 0 Å². The lowest BCUT2D eigenvalue weighted by molar-refractivity contribution is 0.648. The molecule has 0 unspecified atom stereocenters. The van der Waals surface area contributed by atoms with Crippen molar-refractivity contribution in [2.75, 3.05) is 0 Å². The summed E-state index contributed by atoms with van der Waals surface area (Å²) in [7, 11) is 0. The second-order valence-electron chi connectivity index (χ2n) is 1.45. The Hall–Kier alpha value is -0.0700. The summed E-state index contributed by atoms with van der Waals surface area (Å²) in [5.74, 6) is 0. The molecule has 44 valence electrons. The third-order valence-corrected chi connectivity index (χ3v) is 2.08. The smallest absolute Gasteiger partial charge is 0.124 e. The summed E-state index contributed by atoms with van der Waals surface area (Å²) in [6, 6.07) is 0. The fraction of sp³-hybridized carbons (Fsp3) is 1.00. The minimum absolute atomic E-state index is 0.377. The Morgan fingerprint density at radius 3 is 2.12 bits per heavy atom. The summed E-state index contributed by atoms with van der Waals surface area (Å²) >= 11 is 2.11. The van der Waals surface area contributed by atoms with Crippen LogP contribution in [0.1, 0.15) is 13.3 Å². The molecule has 0 amide bonds. The van der Waals surface area contributed by atoms with E-state index < -0.39 is 0 Å². The van der Waals surface area contributed by atoms with Crippen molar-refractivity contribution in [1.82, 2.24) is 0 Å². The molecule has 0 aromatic heterocycles. The average molecular weight is 224 g/mol. The highest BCUT2D eigenvalue weighted by atomic mass is 127. The molecule has 8 heavy (non-hydrogen) atoms. The van der Waals surface area contributed by atoms with Gasteiger partial charge in [-0.25, -0.2) is 0 Å². The van der Waals surface area contributed by atoms with Gasteiger partial charge >= 0.3 is 0 Å². The predicted molar refractivity (Wildman–Crippen MR) is 36.8 cm³/mol. The van der Waals surface area contributed by atoms with Crippen molar-refractivity contribution in [2.45, 2.75) is 17.0 Å². The van der Waals surface area contributed by atoms with E-state index in [1.165, 1.54) is 0 Å². The molecule has 1 aliphatic rings. The molecule has 0 aromatic carbocycles. The summed E-state index contributed by atoms with van der Waals surface area (Å²) in [5.41, 5.74) is 0. The molecular weight excluding hydrogens is 219 g/mol. The van der Waals surface area contributed by atoms with E-state index in [-0.39, 0.29) is 3.67 Å². The van der Waals surface area contributed by atoms with Crippen molar-refractivity contribution in [3.63, 3.8) is 0 Å². The van der Waals surface area contributed by atoms with Crippen LogP contribution in [-0.4, -0.2) is 3.67 Å². The SMILES string of the molecule is CCC1(I)N=NN=N1. The maximum absolute atomic E-state index is 3.76. The minimum Gasteiger partial charge on any atom is -0.124 e. The zero-order valence-electron chi connectivity index (χ0n) is 4.37. The molecule has 0 aromatic rings. The third-order valence-electron chi connectivity index (χ3n) is 0.886. The van der Waals surface area contributed by atoms with Crippen molar-refractivity contribution in [3.8, 4) is 0 Å². The fourth-order valence-corrected chi connectivity index (χ4v) is 0.531. The Morgan fingerprint density at radius 2 is 1.88 bits per heavy atom. The number of hydrogen-bond acceptors (Lipinski definition) is 4. The zero-order valence-corrected chi connectivity index (χ0v) is 6.53. The first-order valence-corrected chi connectivity index (χ1v) is 3.38. The second-order valence-corrected chi connectivity index (χ2v) is 3.18. The zero-order chi connectivity index (χ0) is 6.04. The van der Waals surface area contributed by atoms with Gasteiger partial charge in [0.1, 0.15) is 0 Å². The van der Waals surface area contributed by atoms with E-state index in [4.69, 9.17) is 0 Å². The highest BCUT2D eigenvalue weighted by molar-refractivity contribution is 14.1. The molecule has 0 aliphatic carbocycles. The van der Waals surface area contributed by atoms with Gasteiger partial charge in [-0.15, -0.1) is 10.2 Å². The number of alkyl halides is 1. The standard InChI is InChI=1S/C3H5IN4/c1-2-3(4)5-7-8-6-3/h2H2,1H3. The molecule has 1 aliphatic heterocycles. The van der Waals surface area contributed by atoms with Gasteiger partial charge in [0.2, 0.25) is 3.67 Å². The Morgan fingerprint density at radius 1 is 1.38 bits per heavy atom. The Labute approximate surface area is 60.6 Å². The predicted octanol–water partition coefficient (Wildman–Crippen LogP) is 2.32. The van der Waals surface area contributed by atoms with E-state index in [0.29, 0.717) is 0 Å². The van der Waals surface area contributed by atoms with Crippen LogP contribution < -0.4 is 0 Å². The number of halogens is 1. The lowest BCUT2D eigenvalue weighted by atomic mass is 10.4. The normalized spacial score (nSPS) is 22.2. The summed E-state index contributed by atoms with van der Waals surface area (Å²) < 4.78 is -0.377. The number of hydrogen-bond donors (Lipinski definition) is 0. The van der Waals surface area contributed by atoms with E-state index in [1.807, 2.05) is 6.92 Å². The largest absolute Gasteiger partial charge is 0.244 e. The van der Waals surface area contributed by atoms with Gasteiger partial charge in [-0.1, -0.05) is 6.92 Å². The van der Waals surface area contributed by atoms with Crippen molar-refractivity contribution >= 4 is 22.6 Å². The molecule has 0 saturated carbocycles. The maximum atomic E-state index is 3.76. The molecule has 0 bridgehead atoms. The molecule has 1 heterocycles. The molecule has 0 radical (unpaired) electrons. The van der Waals surface area contributed by atoms with Crippen LogP contribution in [0.15, 0.2) is 20.7 Å². The van der Waals surface area contributed by atoms with Gasteiger partial charge in [0.25, 0.3) is 0 Å². The molecule has 0 atom stereocenters. The quantitative estimate of drug-likeness (QED) is 0.372. The van der Waals surface area contributed by atoms with Gasteiger partial charge < -0.3 is 0 Å². The van der Waals surface area contributed by atoms with Crippen LogP contribution >= 0.6 is 22.6 Å². The Bertz CT molecular complexity index is 128. The van der Waals surface area contributed by atoms with Crippen LogP contribution in [0.5, 0.6) is 0 Å². The molecule has 1 rings (SSSR count). The fourth-order valence-electron chi connectivity index (χ4n) is 0.338. The van der Waals surface area contributed by atoms with Gasteiger partial charge in [-0.3, -0.25) is 0 Å². The minimum atomic E-state index is -0.377. The number of nitrogens with zero attached hydrogens (tertiary/aromatic N) is 4. The highest BCUT2D eigenvalue weighted by Gasteiger charge is 2.25. The Kier molecular flexibility index (Phi) is 1.54. The monoisotopic (exact) mass is 224 g/mol. The third kappa shape index (κ3) is 1.01. The first kappa shape index (κ1) is 6.06. The van der Waals surface area contributed by atoms with Crippen molar-refractivity contribution in [2.24, 2.45) is 20.7 Å². The molecule has 0 N–H and O–H groups in total. The van der Waals surface area contributed by atoms with Crippen LogP contribution in [0.25, 0.3) is 0 Å². The maximum Gasteiger partial charge on any atom is 0.244 e. The van der Waals surface area contributed by atoms with Gasteiger partial charge in [-0.2, -0.15) is 0 Å². The number of rotatable bonds is 1. The summed E-state index contributed by atoms with van der Waals surface area (Å²) in [5, 5.41) is 14.3. The van der Waals surface area contributed by atoms with Gasteiger partial charge in [0, 0.05) is 6.42 Å². The first-order chi connectivity index (χ1) is 3.77. The molecule has 4 nitrogen and oxygen atoms in total. The highest BCUT2D eigenvalue weighted by Crippen LogP contribution is 2.30. The van der Waals surface area contributed by atoms with Crippen molar-refractivity contribution in [3.05, 3.63) is 0 Å². The van der Waals surface area contributed by atoms with Crippen LogP contribution in [0, 0.1) is 0 Å².